The van der Waals surface area contributed by atoms with Gasteiger partial charge < -0.3 is 14.7 Å². The fourth-order valence-electron chi connectivity index (χ4n) is 6.18. The summed E-state index contributed by atoms with van der Waals surface area (Å²) in [4.78, 5) is 24.5. The molecule has 2 aliphatic rings. The lowest BCUT2D eigenvalue weighted by atomic mass is 9.99. The van der Waals surface area contributed by atoms with Crippen molar-refractivity contribution < 1.29 is 18.0 Å². The van der Waals surface area contributed by atoms with Crippen molar-refractivity contribution in [2.24, 2.45) is 0 Å². The number of carbonyl (C=O) groups excluding carboxylic acids is 1. The Balaban J connectivity index is 1.30. The summed E-state index contributed by atoms with van der Waals surface area (Å²) in [6, 6.07) is 17.9. The number of rotatable bonds is 8. The highest BCUT2D eigenvalue weighted by Gasteiger charge is 2.32. The number of pyridine rings is 1. The third-order valence-electron chi connectivity index (χ3n) is 8.66. The zero-order chi connectivity index (χ0) is 29.7. The number of benzene rings is 2. The average Bonchev–Trinajstić information content (AvgIpc) is 3.54. The predicted octanol–water partition coefficient (Wildman–Crippen LogP) is 7.63. The van der Waals surface area contributed by atoms with Crippen LogP contribution in [0.5, 0.6) is 0 Å². The summed E-state index contributed by atoms with van der Waals surface area (Å²) < 4.78 is 38.9. The van der Waals surface area contributed by atoms with Gasteiger partial charge in [0, 0.05) is 68.1 Å². The van der Waals surface area contributed by atoms with E-state index in [1.54, 1.807) is 12.3 Å². The highest BCUT2D eigenvalue weighted by atomic mass is 19.4. The van der Waals surface area contributed by atoms with Crippen LogP contribution in [0.1, 0.15) is 60.9 Å². The number of aromatic nitrogens is 1. The second-order valence-corrected chi connectivity index (χ2v) is 11.5. The third kappa shape index (κ3) is 7.40. The summed E-state index contributed by atoms with van der Waals surface area (Å²) in [5, 5.41) is 0. The monoisotopic (exact) mass is 576 g/mol. The molecule has 1 aliphatic carbocycles. The summed E-state index contributed by atoms with van der Waals surface area (Å²) >= 11 is 0. The number of hydrogen-bond acceptors (Lipinski definition) is 4. The maximum Gasteiger partial charge on any atom is 0.416 e. The predicted molar refractivity (Wildman–Crippen MR) is 161 cm³/mol. The van der Waals surface area contributed by atoms with E-state index in [2.05, 4.69) is 39.0 Å². The first-order valence-electron chi connectivity index (χ1n) is 14.8. The van der Waals surface area contributed by atoms with Crippen LogP contribution >= 0.6 is 0 Å². The van der Waals surface area contributed by atoms with Gasteiger partial charge in [0.2, 0.25) is 5.91 Å². The van der Waals surface area contributed by atoms with E-state index in [9.17, 15) is 18.0 Å². The maximum atomic E-state index is 13.6. The Hall–Kier alpha value is -3.65. The van der Waals surface area contributed by atoms with Crippen LogP contribution in [0, 0.1) is 6.92 Å². The zero-order valence-electron chi connectivity index (χ0n) is 24.4. The molecular formula is C34H39F3N4O. The van der Waals surface area contributed by atoms with Crippen LogP contribution in [0.2, 0.25) is 0 Å². The molecule has 8 heteroatoms. The van der Waals surface area contributed by atoms with Gasteiger partial charge in [0.15, 0.2) is 0 Å². The lowest BCUT2D eigenvalue weighted by Gasteiger charge is -2.40. The minimum Gasteiger partial charge on any atom is -0.345 e. The van der Waals surface area contributed by atoms with Crippen LogP contribution in [-0.4, -0.2) is 52.9 Å². The fraction of sp³-hybridized carbons (Fsp3) is 0.412. The molecule has 0 bridgehead atoms. The first-order valence-corrected chi connectivity index (χ1v) is 14.8. The molecule has 0 N–H and O–H groups in total. The number of aryl methyl sites for hydroxylation is 1. The van der Waals surface area contributed by atoms with Crippen molar-refractivity contribution in [2.45, 2.75) is 70.3 Å². The average molecular weight is 577 g/mol. The largest absolute Gasteiger partial charge is 0.416 e. The number of nitrogens with zero attached hydrogens (tertiary/aromatic N) is 4. The van der Waals surface area contributed by atoms with E-state index >= 15 is 0 Å². The molecule has 1 saturated heterocycles. The number of likely N-dealkylation sites (tertiary alicyclic amines) is 1. The van der Waals surface area contributed by atoms with Crippen molar-refractivity contribution in [3.63, 3.8) is 0 Å². The van der Waals surface area contributed by atoms with E-state index in [-0.39, 0.29) is 11.9 Å². The van der Waals surface area contributed by atoms with Crippen LogP contribution in [0.15, 0.2) is 72.9 Å². The molecule has 0 unspecified atom stereocenters. The summed E-state index contributed by atoms with van der Waals surface area (Å²) in [5.41, 5.74) is 3.94. The molecule has 2 aromatic carbocycles. The van der Waals surface area contributed by atoms with E-state index in [1.807, 2.05) is 31.0 Å². The molecule has 0 spiro atoms. The van der Waals surface area contributed by atoms with Gasteiger partial charge in [-0.05, 0) is 86.2 Å². The van der Waals surface area contributed by atoms with Crippen molar-refractivity contribution >= 4 is 23.4 Å². The van der Waals surface area contributed by atoms with Crippen molar-refractivity contribution in [1.82, 2.24) is 14.8 Å². The Morgan fingerprint density at radius 2 is 1.62 bits per heavy atom. The Kier molecular flexibility index (Phi) is 9.31. The van der Waals surface area contributed by atoms with Gasteiger partial charge in [-0.3, -0.25) is 9.78 Å². The number of anilines is 2. The van der Waals surface area contributed by atoms with Crippen molar-refractivity contribution in [3.05, 3.63) is 95.3 Å². The Morgan fingerprint density at radius 1 is 0.952 bits per heavy atom. The SMILES string of the molecule is Cc1cc(N(C)c2ccc(CN(C(=O)C=Cc3ccc(C(F)(F)F)cc3)C3CCN(C4CCCC4)CC3)cc2)ccn1. The van der Waals surface area contributed by atoms with Gasteiger partial charge in [0.25, 0.3) is 0 Å². The maximum absolute atomic E-state index is 13.6. The Labute approximate surface area is 246 Å². The van der Waals surface area contributed by atoms with Crippen LogP contribution in [0.25, 0.3) is 6.08 Å². The zero-order valence-corrected chi connectivity index (χ0v) is 24.4. The smallest absolute Gasteiger partial charge is 0.345 e. The molecule has 1 saturated carbocycles. The van der Waals surface area contributed by atoms with Crippen molar-refractivity contribution in [3.8, 4) is 0 Å². The highest BCUT2D eigenvalue weighted by molar-refractivity contribution is 5.92. The lowest BCUT2D eigenvalue weighted by Crippen LogP contribution is -2.48. The van der Waals surface area contributed by atoms with Gasteiger partial charge >= 0.3 is 6.18 Å². The van der Waals surface area contributed by atoms with Gasteiger partial charge in [-0.25, -0.2) is 0 Å². The molecular weight excluding hydrogens is 537 g/mol. The fourth-order valence-corrected chi connectivity index (χ4v) is 6.18. The van der Waals surface area contributed by atoms with Crippen LogP contribution in [-0.2, 0) is 17.5 Å². The molecule has 1 aliphatic heterocycles. The van der Waals surface area contributed by atoms with E-state index in [1.165, 1.54) is 43.9 Å². The van der Waals surface area contributed by atoms with Gasteiger partial charge in [0.05, 0.1) is 5.56 Å². The first kappa shape index (κ1) is 29.8. The van der Waals surface area contributed by atoms with E-state index in [0.29, 0.717) is 18.2 Å². The quantitative estimate of drug-likeness (QED) is 0.259. The standard InChI is InChI=1S/C34H39F3N4O/c1-25-23-32(17-20-38-25)39(2)29-14-9-27(10-15-29)24-41(31-18-21-40(22-19-31)30-5-3-4-6-30)33(42)16-11-26-7-12-28(13-8-26)34(35,36)37/h7-17,20,23,30-31H,3-6,18-19,21-22,24H2,1-2H3. The summed E-state index contributed by atoms with van der Waals surface area (Å²) in [5.74, 6) is -0.123. The van der Waals surface area contributed by atoms with E-state index in [4.69, 9.17) is 0 Å². The summed E-state index contributed by atoms with van der Waals surface area (Å²) in [6.45, 7) is 4.41. The van der Waals surface area contributed by atoms with E-state index in [0.717, 1.165) is 60.7 Å². The number of piperidine rings is 1. The molecule has 0 radical (unpaired) electrons. The highest BCUT2D eigenvalue weighted by Crippen LogP contribution is 2.31. The van der Waals surface area contributed by atoms with Gasteiger partial charge in [0.1, 0.15) is 0 Å². The molecule has 2 fully saturated rings. The Morgan fingerprint density at radius 3 is 2.24 bits per heavy atom. The number of hydrogen-bond donors (Lipinski definition) is 0. The molecule has 0 atom stereocenters. The molecule has 2 heterocycles. The van der Waals surface area contributed by atoms with Gasteiger partial charge in [-0.2, -0.15) is 13.2 Å². The van der Waals surface area contributed by atoms with E-state index < -0.39 is 11.7 Å². The summed E-state index contributed by atoms with van der Waals surface area (Å²) in [6.07, 6.45) is 7.49. The minimum atomic E-state index is -4.39. The van der Waals surface area contributed by atoms with Crippen molar-refractivity contribution in [2.75, 3.05) is 25.0 Å². The second-order valence-electron chi connectivity index (χ2n) is 11.5. The van der Waals surface area contributed by atoms with Crippen LogP contribution < -0.4 is 4.90 Å². The van der Waals surface area contributed by atoms with Gasteiger partial charge in [-0.1, -0.05) is 37.1 Å². The number of carbonyl (C=O) groups is 1. The molecule has 5 rings (SSSR count). The Bertz CT molecular complexity index is 1360. The minimum absolute atomic E-state index is 0.106. The molecule has 1 aromatic heterocycles. The molecule has 42 heavy (non-hydrogen) atoms. The second kappa shape index (κ2) is 13.1. The molecule has 222 valence electrons. The lowest BCUT2D eigenvalue weighted by molar-refractivity contribution is -0.137. The first-order chi connectivity index (χ1) is 20.2. The summed E-state index contributed by atoms with van der Waals surface area (Å²) in [7, 11) is 2.02. The topological polar surface area (TPSA) is 39.7 Å². The normalized spacial score (nSPS) is 17.2. The number of halogens is 3. The molecule has 5 nitrogen and oxygen atoms in total. The molecule has 1 amide bonds. The van der Waals surface area contributed by atoms with Crippen molar-refractivity contribution in [1.29, 1.82) is 0 Å². The van der Waals surface area contributed by atoms with Crippen LogP contribution in [0.4, 0.5) is 24.5 Å². The van der Waals surface area contributed by atoms with Crippen LogP contribution in [0.3, 0.4) is 0 Å². The number of alkyl halides is 3. The number of amides is 1. The van der Waals surface area contributed by atoms with Gasteiger partial charge in [-0.15, -0.1) is 0 Å². The molecule has 3 aromatic rings. The third-order valence-corrected chi connectivity index (χ3v) is 8.66.